The Kier molecular flexibility index (Phi) is 3.81. The quantitative estimate of drug-likeness (QED) is 0.737. The number of H-pyrrole nitrogens is 1. The van der Waals surface area contributed by atoms with Gasteiger partial charge < -0.3 is 10.3 Å². The molecule has 0 radical (unpaired) electrons. The fraction of sp³-hybridized carbons (Fsp3) is 0.300. The summed E-state index contributed by atoms with van der Waals surface area (Å²) in [5, 5.41) is 4.20. The van der Waals surface area contributed by atoms with Gasteiger partial charge in [0.1, 0.15) is 5.65 Å². The molecule has 1 saturated carbocycles. The maximum Gasteiger partial charge on any atom is 0.227 e. The minimum Gasteiger partial charge on any atom is -0.346 e. The molecule has 0 saturated heterocycles. The summed E-state index contributed by atoms with van der Waals surface area (Å²) in [5.74, 6) is 0.328. The first-order valence-corrected chi connectivity index (χ1v) is 8.56. The summed E-state index contributed by atoms with van der Waals surface area (Å²) in [6.45, 7) is 2.07. The number of hydrogen-bond acceptors (Lipinski definition) is 2. The van der Waals surface area contributed by atoms with E-state index >= 15 is 0 Å². The maximum absolute atomic E-state index is 12.3. The lowest BCUT2D eigenvalue weighted by Gasteiger charge is -2.11. The van der Waals surface area contributed by atoms with Crippen molar-refractivity contribution in [2.24, 2.45) is 5.92 Å². The number of carbonyl (C=O) groups is 1. The molecule has 1 aliphatic carbocycles. The lowest BCUT2D eigenvalue weighted by atomic mass is 10.0. The van der Waals surface area contributed by atoms with E-state index < -0.39 is 0 Å². The van der Waals surface area contributed by atoms with Crippen LogP contribution in [0.3, 0.4) is 0 Å². The number of aromatic amines is 1. The number of rotatable bonds is 3. The summed E-state index contributed by atoms with van der Waals surface area (Å²) in [7, 11) is 0. The fourth-order valence-corrected chi connectivity index (χ4v) is 3.50. The zero-order chi connectivity index (χ0) is 16.5. The highest BCUT2D eigenvalue weighted by Crippen LogP contribution is 2.28. The summed E-state index contributed by atoms with van der Waals surface area (Å²) in [6.07, 6.45) is 8.20. The van der Waals surface area contributed by atoms with Crippen molar-refractivity contribution in [3.63, 3.8) is 0 Å². The summed E-state index contributed by atoms with van der Waals surface area (Å²) in [6, 6.07) is 10.2. The Morgan fingerprint density at radius 3 is 2.88 bits per heavy atom. The predicted octanol–water partition coefficient (Wildman–Crippen LogP) is 4.67. The highest BCUT2D eigenvalue weighted by molar-refractivity contribution is 5.93. The van der Waals surface area contributed by atoms with Gasteiger partial charge in [-0.2, -0.15) is 0 Å². The van der Waals surface area contributed by atoms with Crippen molar-refractivity contribution >= 4 is 22.6 Å². The monoisotopic (exact) mass is 319 g/mol. The van der Waals surface area contributed by atoms with Crippen LogP contribution in [0.25, 0.3) is 22.2 Å². The molecule has 2 aromatic heterocycles. The molecule has 1 aliphatic rings. The molecule has 24 heavy (non-hydrogen) atoms. The van der Waals surface area contributed by atoms with Crippen LogP contribution in [0.5, 0.6) is 0 Å². The Hall–Kier alpha value is -2.62. The van der Waals surface area contributed by atoms with Crippen LogP contribution in [0.2, 0.25) is 0 Å². The Morgan fingerprint density at radius 2 is 2.04 bits per heavy atom. The van der Waals surface area contributed by atoms with Gasteiger partial charge in [0.25, 0.3) is 0 Å². The van der Waals surface area contributed by atoms with Gasteiger partial charge in [-0.05, 0) is 49.1 Å². The number of amides is 1. The molecule has 4 nitrogen and oxygen atoms in total. The van der Waals surface area contributed by atoms with Crippen molar-refractivity contribution in [3.05, 3.63) is 48.3 Å². The van der Waals surface area contributed by atoms with Gasteiger partial charge in [-0.3, -0.25) is 4.79 Å². The summed E-state index contributed by atoms with van der Waals surface area (Å²) < 4.78 is 0. The van der Waals surface area contributed by atoms with E-state index in [1.54, 1.807) is 0 Å². The molecule has 1 fully saturated rings. The molecule has 0 spiro atoms. The lowest BCUT2D eigenvalue weighted by molar-refractivity contribution is -0.119. The molecule has 122 valence electrons. The minimum atomic E-state index is 0.153. The third kappa shape index (κ3) is 2.80. The molecule has 0 unspecified atom stereocenters. The Balaban J connectivity index is 1.61. The molecule has 1 aromatic carbocycles. The van der Waals surface area contributed by atoms with Crippen molar-refractivity contribution in [1.82, 2.24) is 9.97 Å². The largest absolute Gasteiger partial charge is 0.346 e. The lowest BCUT2D eigenvalue weighted by Crippen LogP contribution is -2.20. The number of benzene rings is 1. The van der Waals surface area contributed by atoms with E-state index in [0.29, 0.717) is 0 Å². The van der Waals surface area contributed by atoms with Gasteiger partial charge in [-0.1, -0.05) is 25.0 Å². The number of carbonyl (C=O) groups excluding carboxylic acids is 1. The number of hydrogen-bond donors (Lipinski definition) is 2. The minimum absolute atomic E-state index is 0.153. The van der Waals surface area contributed by atoms with Crippen LogP contribution >= 0.6 is 0 Å². The van der Waals surface area contributed by atoms with Crippen molar-refractivity contribution < 1.29 is 4.79 Å². The SMILES string of the molecule is Cc1c[nH]c2ncc(-c3cccc(NC(=O)C4CCCC4)c3)cc12. The molecule has 4 heteroatoms. The maximum atomic E-state index is 12.3. The fourth-order valence-electron chi connectivity index (χ4n) is 3.50. The number of pyridine rings is 1. The van der Waals surface area contributed by atoms with Crippen LogP contribution in [0.15, 0.2) is 42.7 Å². The first-order chi connectivity index (χ1) is 11.7. The van der Waals surface area contributed by atoms with Crippen LogP contribution in [-0.2, 0) is 4.79 Å². The van der Waals surface area contributed by atoms with Crippen molar-refractivity contribution in [1.29, 1.82) is 0 Å². The van der Waals surface area contributed by atoms with Crippen LogP contribution in [0.1, 0.15) is 31.2 Å². The van der Waals surface area contributed by atoms with E-state index in [4.69, 9.17) is 0 Å². The average molecular weight is 319 g/mol. The number of aryl methyl sites for hydroxylation is 1. The van der Waals surface area contributed by atoms with E-state index in [2.05, 4.69) is 34.3 Å². The predicted molar refractivity (Wildman–Crippen MR) is 96.9 cm³/mol. The number of nitrogens with one attached hydrogen (secondary N) is 2. The second-order valence-electron chi connectivity index (χ2n) is 6.64. The zero-order valence-corrected chi connectivity index (χ0v) is 13.8. The Labute approximate surface area is 141 Å². The van der Waals surface area contributed by atoms with Gasteiger partial charge in [0, 0.05) is 34.9 Å². The van der Waals surface area contributed by atoms with E-state index in [0.717, 1.165) is 40.7 Å². The van der Waals surface area contributed by atoms with Gasteiger partial charge in [-0.25, -0.2) is 4.98 Å². The van der Waals surface area contributed by atoms with Gasteiger partial charge >= 0.3 is 0 Å². The molecule has 0 atom stereocenters. The van der Waals surface area contributed by atoms with Gasteiger partial charge in [-0.15, -0.1) is 0 Å². The molecule has 2 heterocycles. The molecule has 1 amide bonds. The number of nitrogens with zero attached hydrogens (tertiary/aromatic N) is 1. The van der Waals surface area contributed by atoms with E-state index in [1.807, 2.05) is 30.6 Å². The van der Waals surface area contributed by atoms with Gasteiger partial charge in [0.15, 0.2) is 0 Å². The van der Waals surface area contributed by atoms with Crippen LogP contribution in [0, 0.1) is 12.8 Å². The molecule has 0 aliphatic heterocycles. The summed E-state index contributed by atoms with van der Waals surface area (Å²) in [4.78, 5) is 20.0. The Morgan fingerprint density at radius 1 is 1.21 bits per heavy atom. The normalized spacial score (nSPS) is 15.0. The van der Waals surface area contributed by atoms with Crippen molar-refractivity contribution in [2.45, 2.75) is 32.6 Å². The number of fused-ring (bicyclic) bond motifs is 1. The van der Waals surface area contributed by atoms with Crippen LogP contribution < -0.4 is 5.32 Å². The van der Waals surface area contributed by atoms with E-state index in [9.17, 15) is 4.79 Å². The first kappa shape index (κ1) is 14.9. The third-order valence-electron chi connectivity index (χ3n) is 4.93. The van der Waals surface area contributed by atoms with E-state index in [-0.39, 0.29) is 11.8 Å². The summed E-state index contributed by atoms with van der Waals surface area (Å²) in [5.41, 5.74) is 5.07. The van der Waals surface area contributed by atoms with E-state index in [1.165, 1.54) is 18.4 Å². The highest BCUT2D eigenvalue weighted by atomic mass is 16.1. The standard InChI is InChI=1S/C20H21N3O/c1-13-11-21-19-18(13)10-16(12-22-19)15-7-4-8-17(9-15)23-20(24)14-5-2-3-6-14/h4,7-12,14H,2-3,5-6H2,1H3,(H,21,22)(H,23,24). The summed E-state index contributed by atoms with van der Waals surface area (Å²) >= 11 is 0. The molecular formula is C20H21N3O. The number of aromatic nitrogens is 2. The third-order valence-corrected chi connectivity index (χ3v) is 4.93. The van der Waals surface area contributed by atoms with Crippen LogP contribution in [0.4, 0.5) is 5.69 Å². The first-order valence-electron chi connectivity index (χ1n) is 8.56. The molecule has 4 rings (SSSR count). The van der Waals surface area contributed by atoms with Crippen molar-refractivity contribution in [2.75, 3.05) is 5.32 Å². The topological polar surface area (TPSA) is 57.8 Å². The van der Waals surface area contributed by atoms with Gasteiger partial charge in [0.05, 0.1) is 0 Å². The molecule has 2 N–H and O–H groups in total. The van der Waals surface area contributed by atoms with Crippen molar-refractivity contribution in [3.8, 4) is 11.1 Å². The molecule has 0 bridgehead atoms. The van der Waals surface area contributed by atoms with Crippen LogP contribution in [-0.4, -0.2) is 15.9 Å². The second kappa shape index (κ2) is 6.11. The smallest absolute Gasteiger partial charge is 0.227 e. The average Bonchev–Trinajstić information content (AvgIpc) is 3.25. The number of anilines is 1. The second-order valence-corrected chi connectivity index (χ2v) is 6.64. The molecule has 3 aromatic rings. The highest BCUT2D eigenvalue weighted by Gasteiger charge is 2.22. The zero-order valence-electron chi connectivity index (χ0n) is 13.8. The van der Waals surface area contributed by atoms with Gasteiger partial charge in [0.2, 0.25) is 5.91 Å². The Bertz CT molecular complexity index is 891. The molecular weight excluding hydrogens is 298 g/mol.